The Balaban J connectivity index is 2.87. The molecule has 0 heterocycles. The zero-order chi connectivity index (χ0) is 9.68. The molecule has 0 amide bonds. The molecule has 0 unspecified atom stereocenters. The highest BCUT2D eigenvalue weighted by molar-refractivity contribution is 5.66. The summed E-state index contributed by atoms with van der Waals surface area (Å²) in [7, 11) is 0. The molecule has 0 N–H and O–H groups in total. The van der Waals surface area contributed by atoms with E-state index in [0.717, 1.165) is 18.5 Å². The van der Waals surface area contributed by atoms with Crippen molar-refractivity contribution >= 4 is 11.9 Å². The van der Waals surface area contributed by atoms with Crippen molar-refractivity contribution in [2.75, 3.05) is 0 Å². The Labute approximate surface area is 80.5 Å². The molecule has 1 aromatic rings. The quantitative estimate of drug-likeness (QED) is 0.619. The Morgan fingerprint density at radius 1 is 1.23 bits per heavy atom. The minimum atomic E-state index is 1.06. The molecule has 0 saturated heterocycles. The summed E-state index contributed by atoms with van der Waals surface area (Å²) in [6.45, 7) is 6.37. The van der Waals surface area contributed by atoms with Crippen LogP contribution in [0.3, 0.4) is 0 Å². The van der Waals surface area contributed by atoms with E-state index < -0.39 is 0 Å². The monoisotopic (exact) mass is 175 g/mol. The number of aliphatic imine (C=N–C) groups is 1. The van der Waals surface area contributed by atoms with Gasteiger partial charge in [0.05, 0.1) is 5.69 Å². The molecule has 0 radical (unpaired) electrons. The summed E-state index contributed by atoms with van der Waals surface area (Å²) in [6, 6.07) is 6.28. The summed E-state index contributed by atoms with van der Waals surface area (Å²) in [5, 5.41) is 0. The van der Waals surface area contributed by atoms with E-state index in [-0.39, 0.29) is 0 Å². The number of hydrogen-bond acceptors (Lipinski definition) is 1. The van der Waals surface area contributed by atoms with Crippen LogP contribution < -0.4 is 0 Å². The Hall–Kier alpha value is -1.11. The van der Waals surface area contributed by atoms with E-state index in [9.17, 15) is 0 Å². The van der Waals surface area contributed by atoms with Crippen molar-refractivity contribution in [2.24, 2.45) is 4.99 Å². The summed E-state index contributed by atoms with van der Waals surface area (Å²) in [4.78, 5) is 4.47. The lowest BCUT2D eigenvalue weighted by atomic mass is 10.1. The molecule has 0 atom stereocenters. The maximum Gasteiger partial charge on any atom is 0.0683 e. The van der Waals surface area contributed by atoms with Gasteiger partial charge in [-0.25, -0.2) is 0 Å². The molecule has 1 nitrogen and oxygen atoms in total. The fourth-order valence-corrected chi connectivity index (χ4v) is 1.29. The average molecular weight is 175 g/mol. The first-order chi connectivity index (χ1) is 6.25. The van der Waals surface area contributed by atoms with Gasteiger partial charge in [-0.2, -0.15) is 0 Å². The minimum Gasteiger partial charge on any atom is -0.261 e. The third-order valence-electron chi connectivity index (χ3n) is 2.08. The van der Waals surface area contributed by atoms with Gasteiger partial charge in [0, 0.05) is 6.21 Å². The second kappa shape index (κ2) is 4.80. The summed E-state index contributed by atoms with van der Waals surface area (Å²) in [6.07, 6.45) is 4.23. The molecule has 0 aliphatic rings. The molecule has 1 aromatic carbocycles. The molecule has 1 rings (SSSR count). The number of nitrogens with zero attached hydrogens (tertiary/aromatic N) is 1. The van der Waals surface area contributed by atoms with Crippen LogP contribution in [-0.4, -0.2) is 6.21 Å². The summed E-state index contributed by atoms with van der Waals surface area (Å²) in [5.74, 6) is 0. The molecule has 0 bridgehead atoms. The van der Waals surface area contributed by atoms with E-state index in [2.05, 4.69) is 44.0 Å². The first-order valence-electron chi connectivity index (χ1n) is 4.84. The summed E-state index contributed by atoms with van der Waals surface area (Å²) < 4.78 is 0. The van der Waals surface area contributed by atoms with Crippen molar-refractivity contribution in [1.29, 1.82) is 0 Å². The Bertz CT molecular complexity index is 280. The molecule has 0 aliphatic heterocycles. The molecule has 1 heteroatoms. The molecule has 0 aliphatic carbocycles. The van der Waals surface area contributed by atoms with E-state index in [0.29, 0.717) is 0 Å². The van der Waals surface area contributed by atoms with Crippen molar-refractivity contribution < 1.29 is 0 Å². The van der Waals surface area contributed by atoms with Crippen LogP contribution in [0.25, 0.3) is 0 Å². The first kappa shape index (κ1) is 9.97. The highest BCUT2D eigenvalue weighted by Crippen LogP contribution is 2.22. The predicted molar refractivity (Wildman–Crippen MR) is 59.0 cm³/mol. The standard InChI is InChI=1S/C12H17N/c1-4-5-9-13-12-10(2)7-6-8-11(12)3/h6-9H,4-5H2,1-3H3. The second-order valence-electron chi connectivity index (χ2n) is 3.34. The molecule has 70 valence electrons. The van der Waals surface area contributed by atoms with Gasteiger partial charge in [0.2, 0.25) is 0 Å². The van der Waals surface area contributed by atoms with Crippen LogP contribution in [0.4, 0.5) is 5.69 Å². The van der Waals surface area contributed by atoms with Gasteiger partial charge >= 0.3 is 0 Å². The van der Waals surface area contributed by atoms with Crippen molar-refractivity contribution in [2.45, 2.75) is 33.6 Å². The molecular formula is C12H17N. The number of unbranched alkanes of at least 4 members (excludes halogenated alkanes) is 1. The van der Waals surface area contributed by atoms with Gasteiger partial charge in [0.1, 0.15) is 0 Å². The zero-order valence-electron chi connectivity index (χ0n) is 8.67. The van der Waals surface area contributed by atoms with Crippen LogP contribution in [0.15, 0.2) is 23.2 Å². The highest BCUT2D eigenvalue weighted by Gasteiger charge is 1.97. The van der Waals surface area contributed by atoms with Gasteiger partial charge in [0.15, 0.2) is 0 Å². The number of para-hydroxylation sites is 1. The van der Waals surface area contributed by atoms with Crippen molar-refractivity contribution in [1.82, 2.24) is 0 Å². The topological polar surface area (TPSA) is 12.4 Å². The molecular weight excluding hydrogens is 158 g/mol. The first-order valence-corrected chi connectivity index (χ1v) is 4.84. The third kappa shape index (κ3) is 2.69. The van der Waals surface area contributed by atoms with Crippen LogP contribution in [0.5, 0.6) is 0 Å². The van der Waals surface area contributed by atoms with Gasteiger partial charge in [0.25, 0.3) is 0 Å². The van der Waals surface area contributed by atoms with Gasteiger partial charge in [-0.3, -0.25) is 4.99 Å². The lowest BCUT2D eigenvalue weighted by Crippen LogP contribution is -1.80. The number of rotatable bonds is 3. The van der Waals surface area contributed by atoms with E-state index in [1.165, 1.54) is 11.1 Å². The zero-order valence-corrected chi connectivity index (χ0v) is 8.67. The lowest BCUT2D eigenvalue weighted by Gasteiger charge is -2.02. The van der Waals surface area contributed by atoms with Crippen molar-refractivity contribution in [3.8, 4) is 0 Å². The van der Waals surface area contributed by atoms with Gasteiger partial charge in [-0.05, 0) is 31.4 Å². The van der Waals surface area contributed by atoms with E-state index >= 15 is 0 Å². The maximum atomic E-state index is 4.47. The fraction of sp³-hybridized carbons (Fsp3) is 0.417. The Kier molecular flexibility index (Phi) is 3.69. The fourth-order valence-electron chi connectivity index (χ4n) is 1.29. The summed E-state index contributed by atoms with van der Waals surface area (Å²) >= 11 is 0. The van der Waals surface area contributed by atoms with Crippen LogP contribution >= 0.6 is 0 Å². The van der Waals surface area contributed by atoms with Gasteiger partial charge < -0.3 is 0 Å². The SMILES string of the molecule is CCCC=Nc1c(C)cccc1C. The molecule has 0 fully saturated rings. The van der Waals surface area contributed by atoms with Crippen LogP contribution in [0.2, 0.25) is 0 Å². The molecule has 0 aromatic heterocycles. The van der Waals surface area contributed by atoms with Crippen LogP contribution in [-0.2, 0) is 0 Å². The Morgan fingerprint density at radius 2 is 1.85 bits per heavy atom. The number of hydrogen-bond donors (Lipinski definition) is 0. The second-order valence-corrected chi connectivity index (χ2v) is 3.34. The number of benzene rings is 1. The van der Waals surface area contributed by atoms with Crippen molar-refractivity contribution in [3.05, 3.63) is 29.3 Å². The molecule has 0 saturated carbocycles. The van der Waals surface area contributed by atoms with Crippen LogP contribution in [0.1, 0.15) is 30.9 Å². The third-order valence-corrected chi connectivity index (χ3v) is 2.08. The smallest absolute Gasteiger partial charge is 0.0683 e. The molecule has 13 heavy (non-hydrogen) atoms. The number of aryl methyl sites for hydroxylation is 2. The molecule has 0 spiro atoms. The normalized spacial score (nSPS) is 11.0. The van der Waals surface area contributed by atoms with E-state index in [1.807, 2.05) is 6.21 Å². The summed E-state index contributed by atoms with van der Waals surface area (Å²) in [5.41, 5.74) is 3.65. The minimum absolute atomic E-state index is 1.06. The maximum absolute atomic E-state index is 4.47. The average Bonchev–Trinajstić information content (AvgIpc) is 2.10. The Morgan fingerprint density at radius 3 is 2.38 bits per heavy atom. The highest BCUT2D eigenvalue weighted by atomic mass is 14.7. The van der Waals surface area contributed by atoms with E-state index in [4.69, 9.17) is 0 Å². The lowest BCUT2D eigenvalue weighted by molar-refractivity contribution is 1.01. The van der Waals surface area contributed by atoms with Crippen LogP contribution in [0, 0.1) is 13.8 Å². The van der Waals surface area contributed by atoms with Gasteiger partial charge in [-0.15, -0.1) is 0 Å². The largest absolute Gasteiger partial charge is 0.261 e. The van der Waals surface area contributed by atoms with E-state index in [1.54, 1.807) is 0 Å². The van der Waals surface area contributed by atoms with Gasteiger partial charge in [-0.1, -0.05) is 31.5 Å². The predicted octanol–water partition coefficient (Wildman–Crippen LogP) is 3.81. The van der Waals surface area contributed by atoms with Crippen molar-refractivity contribution in [3.63, 3.8) is 0 Å².